The van der Waals surface area contributed by atoms with Crippen LogP contribution in [0, 0.1) is 0 Å². The zero-order valence-corrected chi connectivity index (χ0v) is 11.7. The second kappa shape index (κ2) is 5.47. The average molecular weight is 293 g/mol. The Kier molecular flexibility index (Phi) is 4.21. The maximum Gasteiger partial charge on any atom is 0.104 e. The number of thiophene rings is 1. The van der Waals surface area contributed by atoms with Crippen LogP contribution in [0.25, 0.3) is 11.3 Å². The molecule has 16 heavy (non-hydrogen) atoms. The summed E-state index contributed by atoms with van der Waals surface area (Å²) in [6.45, 7) is 0.936. The van der Waals surface area contributed by atoms with E-state index in [0.717, 1.165) is 29.2 Å². The number of halogens is 2. The zero-order valence-electron chi connectivity index (χ0n) is 8.59. The first-order valence-electron chi connectivity index (χ1n) is 4.75. The smallest absolute Gasteiger partial charge is 0.104 e. The van der Waals surface area contributed by atoms with Crippen molar-refractivity contribution in [2.75, 3.05) is 13.6 Å². The Morgan fingerprint density at radius 1 is 1.44 bits per heavy atom. The molecule has 0 spiro atoms. The van der Waals surface area contributed by atoms with Crippen molar-refractivity contribution in [1.82, 2.24) is 10.3 Å². The largest absolute Gasteiger partial charge is 0.319 e. The second-order valence-electron chi connectivity index (χ2n) is 3.22. The Balaban J connectivity index is 2.21. The zero-order chi connectivity index (χ0) is 11.5. The quantitative estimate of drug-likeness (QED) is 0.923. The topological polar surface area (TPSA) is 24.9 Å². The summed E-state index contributed by atoms with van der Waals surface area (Å²) in [4.78, 5) is 4.53. The van der Waals surface area contributed by atoms with E-state index in [1.54, 1.807) is 11.3 Å². The fourth-order valence-corrected chi connectivity index (χ4v) is 3.58. The summed E-state index contributed by atoms with van der Waals surface area (Å²) in [5.41, 5.74) is 1.85. The van der Waals surface area contributed by atoms with Crippen molar-refractivity contribution in [1.29, 1.82) is 0 Å². The van der Waals surface area contributed by atoms with Gasteiger partial charge in [0.05, 0.1) is 15.0 Å². The molecule has 0 bridgehead atoms. The summed E-state index contributed by atoms with van der Waals surface area (Å²) < 4.78 is 1.40. The molecular weight excluding hydrogens is 283 g/mol. The summed E-state index contributed by atoms with van der Waals surface area (Å²) in [7, 11) is 1.93. The first kappa shape index (κ1) is 12.3. The van der Waals surface area contributed by atoms with Crippen molar-refractivity contribution in [2.45, 2.75) is 6.42 Å². The summed E-state index contributed by atoms with van der Waals surface area (Å²) in [6, 6.07) is 1.87. The minimum absolute atomic E-state index is 0.699. The number of nitrogens with one attached hydrogen (secondary N) is 1. The van der Waals surface area contributed by atoms with E-state index in [2.05, 4.69) is 10.3 Å². The number of thiazole rings is 1. The van der Waals surface area contributed by atoms with E-state index in [0.29, 0.717) is 8.67 Å². The maximum absolute atomic E-state index is 6.08. The van der Waals surface area contributed by atoms with Crippen LogP contribution < -0.4 is 5.32 Å². The molecular formula is C10H10Cl2N2S2. The van der Waals surface area contributed by atoms with Crippen LogP contribution in [0.4, 0.5) is 0 Å². The van der Waals surface area contributed by atoms with Crippen LogP contribution in [0.2, 0.25) is 8.67 Å². The highest BCUT2D eigenvalue weighted by atomic mass is 35.5. The lowest BCUT2D eigenvalue weighted by Gasteiger charge is -1.94. The van der Waals surface area contributed by atoms with E-state index in [1.807, 2.05) is 18.5 Å². The Morgan fingerprint density at radius 2 is 2.25 bits per heavy atom. The lowest BCUT2D eigenvalue weighted by Crippen LogP contribution is -2.09. The van der Waals surface area contributed by atoms with Crippen molar-refractivity contribution in [3.63, 3.8) is 0 Å². The average Bonchev–Trinajstić information content (AvgIpc) is 2.82. The van der Waals surface area contributed by atoms with Crippen LogP contribution >= 0.6 is 45.9 Å². The fourth-order valence-electron chi connectivity index (χ4n) is 1.30. The predicted molar refractivity (Wildman–Crippen MR) is 73.1 cm³/mol. The third-order valence-corrected chi connectivity index (χ3v) is 4.47. The van der Waals surface area contributed by atoms with Crippen molar-refractivity contribution < 1.29 is 0 Å². The first-order valence-corrected chi connectivity index (χ1v) is 7.20. The number of likely N-dealkylation sites (N-methyl/N-ethyl adjacent to an activating group) is 1. The van der Waals surface area contributed by atoms with Crippen molar-refractivity contribution in [2.24, 2.45) is 0 Å². The van der Waals surface area contributed by atoms with E-state index in [1.165, 1.54) is 11.3 Å². The number of rotatable bonds is 4. The Bertz CT molecular complexity index is 479. The van der Waals surface area contributed by atoms with Crippen LogP contribution in [-0.4, -0.2) is 18.6 Å². The standard InChI is InChI=1S/C10H10Cl2N2S2/c1-13-3-2-9-14-7(5-15-9)6-4-8(11)16-10(6)12/h4-5,13H,2-3H2,1H3. The lowest BCUT2D eigenvalue weighted by molar-refractivity contribution is 0.788. The van der Waals surface area contributed by atoms with Gasteiger partial charge in [0.1, 0.15) is 4.34 Å². The number of nitrogens with zero attached hydrogens (tertiary/aromatic N) is 1. The molecule has 2 heterocycles. The minimum Gasteiger partial charge on any atom is -0.319 e. The van der Waals surface area contributed by atoms with Gasteiger partial charge in [0.2, 0.25) is 0 Å². The van der Waals surface area contributed by atoms with Gasteiger partial charge >= 0.3 is 0 Å². The maximum atomic E-state index is 6.08. The highest BCUT2D eigenvalue weighted by Gasteiger charge is 2.11. The summed E-state index contributed by atoms with van der Waals surface area (Å²) in [5, 5.41) is 6.24. The molecule has 0 saturated carbocycles. The number of hydrogen-bond acceptors (Lipinski definition) is 4. The lowest BCUT2D eigenvalue weighted by atomic mass is 10.3. The summed E-state index contributed by atoms with van der Waals surface area (Å²) in [6.07, 6.45) is 0.941. The van der Waals surface area contributed by atoms with Crippen LogP contribution in [0.3, 0.4) is 0 Å². The molecule has 2 aromatic rings. The SMILES string of the molecule is CNCCc1nc(-c2cc(Cl)sc2Cl)cs1. The van der Waals surface area contributed by atoms with Gasteiger partial charge in [0.25, 0.3) is 0 Å². The first-order chi connectivity index (χ1) is 7.70. The Morgan fingerprint density at radius 3 is 2.88 bits per heavy atom. The third kappa shape index (κ3) is 2.76. The Labute approximate surface area is 112 Å². The monoisotopic (exact) mass is 292 g/mol. The van der Waals surface area contributed by atoms with Crippen LogP contribution in [0.5, 0.6) is 0 Å². The van der Waals surface area contributed by atoms with E-state index in [4.69, 9.17) is 23.2 Å². The predicted octanol–water partition coefficient (Wildman–Crippen LogP) is 3.94. The molecule has 0 atom stereocenters. The van der Waals surface area contributed by atoms with Gasteiger partial charge in [-0.15, -0.1) is 22.7 Å². The van der Waals surface area contributed by atoms with Gasteiger partial charge in [0.15, 0.2) is 0 Å². The molecule has 0 fully saturated rings. The van der Waals surface area contributed by atoms with Crippen molar-refractivity contribution in [3.05, 3.63) is 25.1 Å². The molecule has 0 saturated heterocycles. The van der Waals surface area contributed by atoms with E-state index in [-0.39, 0.29) is 0 Å². The highest BCUT2D eigenvalue weighted by Crippen LogP contribution is 2.38. The number of aromatic nitrogens is 1. The molecule has 0 amide bonds. The molecule has 0 aromatic carbocycles. The van der Waals surface area contributed by atoms with E-state index < -0.39 is 0 Å². The third-order valence-electron chi connectivity index (χ3n) is 2.07. The molecule has 2 nitrogen and oxygen atoms in total. The van der Waals surface area contributed by atoms with Crippen molar-refractivity contribution in [3.8, 4) is 11.3 Å². The molecule has 2 aromatic heterocycles. The molecule has 0 aliphatic rings. The minimum atomic E-state index is 0.699. The van der Waals surface area contributed by atoms with Gasteiger partial charge < -0.3 is 5.32 Å². The van der Waals surface area contributed by atoms with E-state index >= 15 is 0 Å². The summed E-state index contributed by atoms with van der Waals surface area (Å²) >= 11 is 15.0. The Hall–Kier alpha value is -0.130. The molecule has 86 valence electrons. The molecule has 2 rings (SSSR count). The van der Waals surface area contributed by atoms with Gasteiger partial charge in [-0.3, -0.25) is 0 Å². The fraction of sp³-hybridized carbons (Fsp3) is 0.300. The van der Waals surface area contributed by atoms with Gasteiger partial charge in [-0.1, -0.05) is 23.2 Å². The van der Waals surface area contributed by atoms with Crippen LogP contribution in [-0.2, 0) is 6.42 Å². The van der Waals surface area contributed by atoms with E-state index in [9.17, 15) is 0 Å². The molecule has 0 aliphatic heterocycles. The second-order valence-corrected chi connectivity index (χ2v) is 6.45. The molecule has 1 N–H and O–H groups in total. The van der Waals surface area contributed by atoms with Crippen LogP contribution in [0.1, 0.15) is 5.01 Å². The molecule has 0 unspecified atom stereocenters. The van der Waals surface area contributed by atoms with Gasteiger partial charge in [-0.25, -0.2) is 4.98 Å². The molecule has 0 radical (unpaired) electrons. The molecule has 6 heteroatoms. The number of hydrogen-bond donors (Lipinski definition) is 1. The highest BCUT2D eigenvalue weighted by molar-refractivity contribution is 7.20. The normalized spacial score (nSPS) is 10.9. The van der Waals surface area contributed by atoms with Gasteiger partial charge in [-0.05, 0) is 13.1 Å². The van der Waals surface area contributed by atoms with Crippen molar-refractivity contribution >= 4 is 45.9 Å². The summed E-state index contributed by atoms with van der Waals surface area (Å²) in [5.74, 6) is 0. The van der Waals surface area contributed by atoms with Gasteiger partial charge in [0, 0.05) is 23.9 Å². The van der Waals surface area contributed by atoms with Gasteiger partial charge in [-0.2, -0.15) is 0 Å². The van der Waals surface area contributed by atoms with Crippen LogP contribution in [0.15, 0.2) is 11.4 Å². The molecule has 0 aliphatic carbocycles.